The van der Waals surface area contributed by atoms with Crippen molar-refractivity contribution < 1.29 is 14.2 Å². The summed E-state index contributed by atoms with van der Waals surface area (Å²) in [5.41, 5.74) is 23.1. The van der Waals surface area contributed by atoms with E-state index < -0.39 is 0 Å². The number of ether oxygens (including phenoxy) is 3. The van der Waals surface area contributed by atoms with Crippen LogP contribution in [0.1, 0.15) is 83.5 Å². The summed E-state index contributed by atoms with van der Waals surface area (Å²) >= 11 is 0. The summed E-state index contributed by atoms with van der Waals surface area (Å²) in [6.07, 6.45) is 6.79. The van der Waals surface area contributed by atoms with E-state index in [1.165, 1.54) is 0 Å². The molecule has 12 rings (SSSR count). The van der Waals surface area contributed by atoms with E-state index in [0.29, 0.717) is 0 Å². The van der Waals surface area contributed by atoms with Gasteiger partial charge in [-0.2, -0.15) is 0 Å². The Balaban J connectivity index is 0.970. The second-order valence-corrected chi connectivity index (χ2v) is 19.1. The normalized spacial score (nSPS) is 13.0. The van der Waals surface area contributed by atoms with Gasteiger partial charge in [0.2, 0.25) is 0 Å². The lowest BCUT2D eigenvalue weighted by Crippen LogP contribution is -2.10. The molecule has 9 aromatic rings. The number of hydrogen-bond donors (Lipinski definition) is 0. The Kier molecular flexibility index (Phi) is 10.5. The zero-order valence-corrected chi connectivity index (χ0v) is 40.2. The van der Waals surface area contributed by atoms with Crippen molar-refractivity contribution >= 4 is 52.0 Å². The predicted octanol–water partition coefficient (Wildman–Crippen LogP) is 18.1. The molecule has 0 atom stereocenters. The number of hydrogen-bond acceptors (Lipinski definition) is 4. The van der Waals surface area contributed by atoms with Crippen molar-refractivity contribution in [2.24, 2.45) is 0 Å². The molecule has 0 aliphatic carbocycles. The van der Waals surface area contributed by atoms with Crippen molar-refractivity contribution in [2.45, 2.75) is 41.5 Å². The summed E-state index contributed by atoms with van der Waals surface area (Å²) < 4.78 is 19.9. The molecule has 0 saturated carbocycles. The fraction of sp³-hybridized carbons (Fsp3) is 0.0909. The Morgan fingerprint density at radius 3 is 0.771 bits per heavy atom. The first kappa shape index (κ1) is 42.7. The highest BCUT2D eigenvalue weighted by molar-refractivity contribution is 5.99. The Bertz CT molecular complexity index is 3280. The molecule has 0 N–H and O–H groups in total. The van der Waals surface area contributed by atoms with Gasteiger partial charge >= 0.3 is 0 Å². The molecule has 0 radical (unpaired) electrons. The van der Waals surface area contributed by atoms with Crippen molar-refractivity contribution in [3.63, 3.8) is 0 Å². The Morgan fingerprint density at radius 1 is 0.257 bits per heavy atom. The lowest BCUT2D eigenvalue weighted by molar-refractivity contribution is 0.480. The summed E-state index contributed by atoms with van der Waals surface area (Å²) in [6, 6.07) is 65.6. The molecule has 0 amide bonds. The average molecular weight is 906 g/mol. The summed E-state index contributed by atoms with van der Waals surface area (Å²) in [4.78, 5) is 2.34. The molecular weight excluding hydrogens is 855 g/mol. The maximum atomic E-state index is 6.63. The number of anilines is 3. The van der Waals surface area contributed by atoms with E-state index in [1.54, 1.807) is 0 Å². The van der Waals surface area contributed by atoms with Gasteiger partial charge in [-0.25, -0.2) is 0 Å². The van der Waals surface area contributed by atoms with Gasteiger partial charge in [-0.15, -0.1) is 0 Å². The molecule has 338 valence electrons. The van der Waals surface area contributed by atoms with Gasteiger partial charge in [-0.1, -0.05) is 109 Å². The molecule has 0 fully saturated rings. The number of nitrogens with zero attached hydrogens (tertiary/aromatic N) is 1. The highest BCUT2D eigenvalue weighted by Crippen LogP contribution is 2.47. The van der Waals surface area contributed by atoms with Crippen LogP contribution < -0.4 is 19.1 Å². The predicted molar refractivity (Wildman–Crippen MR) is 289 cm³/mol. The first-order valence-corrected chi connectivity index (χ1v) is 24.0. The van der Waals surface area contributed by atoms with Crippen molar-refractivity contribution in [2.75, 3.05) is 4.90 Å². The van der Waals surface area contributed by atoms with Crippen molar-refractivity contribution in [1.29, 1.82) is 0 Å². The second kappa shape index (κ2) is 17.2. The Morgan fingerprint density at radius 2 is 0.500 bits per heavy atom. The first-order valence-electron chi connectivity index (χ1n) is 24.0. The number of benzene rings is 9. The molecule has 4 heteroatoms. The summed E-state index contributed by atoms with van der Waals surface area (Å²) in [7, 11) is 0. The van der Waals surface area contributed by atoms with Gasteiger partial charge in [0.15, 0.2) is 0 Å². The van der Waals surface area contributed by atoms with Gasteiger partial charge in [-0.05, 0) is 199 Å². The van der Waals surface area contributed by atoms with E-state index in [-0.39, 0.29) is 0 Å². The topological polar surface area (TPSA) is 30.9 Å². The monoisotopic (exact) mass is 905 g/mol. The first-order chi connectivity index (χ1) is 34.1. The van der Waals surface area contributed by atoms with E-state index in [0.717, 1.165) is 152 Å². The van der Waals surface area contributed by atoms with Crippen LogP contribution in [0.15, 0.2) is 182 Å². The zero-order valence-electron chi connectivity index (χ0n) is 40.2. The third-order valence-corrected chi connectivity index (χ3v) is 13.7. The third-order valence-electron chi connectivity index (χ3n) is 13.7. The van der Waals surface area contributed by atoms with Gasteiger partial charge in [-0.3, -0.25) is 0 Å². The van der Waals surface area contributed by atoms with E-state index in [4.69, 9.17) is 14.2 Å². The van der Waals surface area contributed by atoms with Crippen LogP contribution in [0.4, 0.5) is 17.1 Å². The highest BCUT2D eigenvalue weighted by Gasteiger charge is 2.24. The van der Waals surface area contributed by atoms with E-state index in [9.17, 15) is 0 Å². The van der Waals surface area contributed by atoms with Crippen LogP contribution in [0.25, 0.3) is 34.9 Å². The SMILES string of the molecule is Cc1ccc2c(c1)Oc1cc(C)ccc1C(c1ccc(N(c3ccc(C4=Cc5ccc(C)cc5Oc5cc(C)ccc54)cc3)c3ccc(C4=Cc5ccc(C)cc5Oc5cc(C)ccc54)cc3)cc1)=C2. The fourth-order valence-corrected chi connectivity index (χ4v) is 9.95. The second-order valence-electron chi connectivity index (χ2n) is 19.1. The van der Waals surface area contributed by atoms with Crippen LogP contribution in [0.5, 0.6) is 34.5 Å². The van der Waals surface area contributed by atoms with E-state index in [1.807, 2.05) is 0 Å². The maximum Gasteiger partial charge on any atom is 0.135 e. The molecule has 4 nitrogen and oxygen atoms in total. The number of aryl methyl sites for hydroxylation is 6. The smallest absolute Gasteiger partial charge is 0.135 e. The van der Waals surface area contributed by atoms with Crippen molar-refractivity contribution in [1.82, 2.24) is 0 Å². The van der Waals surface area contributed by atoms with Crippen LogP contribution in [-0.4, -0.2) is 0 Å². The molecule has 0 bridgehead atoms. The highest BCUT2D eigenvalue weighted by atomic mass is 16.5. The average Bonchev–Trinajstić information content (AvgIpc) is 3.70. The third kappa shape index (κ3) is 7.97. The molecular formula is C66H51NO3. The zero-order chi connectivity index (χ0) is 47.6. The fourth-order valence-electron chi connectivity index (χ4n) is 9.95. The minimum atomic E-state index is 0.861. The van der Waals surface area contributed by atoms with Crippen LogP contribution in [0, 0.1) is 41.5 Å². The molecule has 0 spiro atoms. The van der Waals surface area contributed by atoms with Crippen LogP contribution >= 0.6 is 0 Å². The van der Waals surface area contributed by atoms with E-state index >= 15 is 0 Å². The number of rotatable bonds is 6. The molecule has 3 aliphatic heterocycles. The molecule has 70 heavy (non-hydrogen) atoms. The standard InChI is InChI=1S/C66H51NO3/c1-40-7-13-49-37-58(55-28-10-43(4)34-64(55)68-61(49)31-40)46-16-22-52(23-17-46)67(53-24-18-47(19-25-53)59-38-50-14-8-41(2)32-62(50)69-65-35-44(5)11-29-56(59)65)54-26-20-48(21-27-54)60-39-51-15-9-42(3)33-63(51)70-66-36-45(6)12-30-57(60)66/h7-39H,1-6H3. The molecule has 0 saturated heterocycles. The summed E-state index contributed by atoms with van der Waals surface area (Å²) in [5, 5.41) is 0. The number of fused-ring (bicyclic) bond motifs is 6. The van der Waals surface area contributed by atoms with Gasteiger partial charge in [0.25, 0.3) is 0 Å². The molecule has 3 aliphatic rings. The Hall–Kier alpha value is -8.60. The molecule has 0 unspecified atom stereocenters. The summed E-state index contributed by atoms with van der Waals surface area (Å²) in [5.74, 6) is 5.18. The van der Waals surface area contributed by atoms with Crippen molar-refractivity contribution in [3.05, 3.63) is 265 Å². The lowest BCUT2D eigenvalue weighted by atomic mass is 9.93. The Labute approximate surface area is 410 Å². The van der Waals surface area contributed by atoms with Gasteiger partial charge in [0, 0.05) is 50.4 Å². The van der Waals surface area contributed by atoms with Gasteiger partial charge in [0.1, 0.15) is 34.5 Å². The maximum absolute atomic E-state index is 6.63. The van der Waals surface area contributed by atoms with E-state index in [2.05, 4.69) is 247 Å². The van der Waals surface area contributed by atoms with Crippen LogP contribution in [0.3, 0.4) is 0 Å². The van der Waals surface area contributed by atoms with Gasteiger partial charge < -0.3 is 19.1 Å². The largest absolute Gasteiger partial charge is 0.456 e. The molecule has 9 aromatic carbocycles. The summed E-state index contributed by atoms with van der Waals surface area (Å²) in [6.45, 7) is 12.7. The van der Waals surface area contributed by atoms with Crippen LogP contribution in [0.2, 0.25) is 0 Å². The van der Waals surface area contributed by atoms with Gasteiger partial charge in [0.05, 0.1) is 0 Å². The quantitative estimate of drug-likeness (QED) is 0.166. The lowest BCUT2D eigenvalue weighted by Gasteiger charge is -2.26. The minimum Gasteiger partial charge on any atom is -0.456 e. The minimum absolute atomic E-state index is 0.861. The molecule has 3 heterocycles. The van der Waals surface area contributed by atoms with Crippen LogP contribution in [-0.2, 0) is 0 Å². The molecule has 0 aromatic heterocycles. The van der Waals surface area contributed by atoms with Crippen molar-refractivity contribution in [3.8, 4) is 34.5 Å².